The highest BCUT2D eigenvalue weighted by molar-refractivity contribution is 6.34. The van der Waals surface area contributed by atoms with E-state index in [1.807, 2.05) is 37.3 Å². The molecule has 0 atom stereocenters. The Bertz CT molecular complexity index is 955. The van der Waals surface area contributed by atoms with Gasteiger partial charge in [0.15, 0.2) is 17.2 Å². The van der Waals surface area contributed by atoms with Crippen LogP contribution in [-0.4, -0.2) is 29.0 Å². The minimum atomic E-state index is -2.01. The zero-order chi connectivity index (χ0) is 20.2. The first-order chi connectivity index (χ1) is 14.1. The Hall–Kier alpha value is -2.97. The lowest BCUT2D eigenvalue weighted by Gasteiger charge is -2.18. The van der Waals surface area contributed by atoms with E-state index in [1.54, 1.807) is 18.3 Å². The largest absolute Gasteiger partial charge is 0.707 e. The second-order valence-electron chi connectivity index (χ2n) is 7.05. The van der Waals surface area contributed by atoms with E-state index < -0.39 is 7.32 Å². The molecule has 1 saturated carbocycles. The fraction of sp³-hybridized carbons (Fsp3) is 0.286. The summed E-state index contributed by atoms with van der Waals surface area (Å²) in [5.74, 6) is 2.38. The average molecular weight is 395 g/mol. The van der Waals surface area contributed by atoms with Crippen molar-refractivity contribution in [3.63, 3.8) is 0 Å². The molecule has 29 heavy (non-hydrogen) atoms. The van der Waals surface area contributed by atoms with Crippen molar-refractivity contribution in [3.05, 3.63) is 60.0 Å². The van der Waals surface area contributed by atoms with Gasteiger partial charge in [0.1, 0.15) is 12.4 Å². The molecule has 1 aromatic heterocycles. The SMILES string of the molecule is Cc1cnc(-c2cc(OCc3ccccc3)c(OB(O)O)c(OCC3CC3)c2)o1. The summed E-state index contributed by atoms with van der Waals surface area (Å²) < 4.78 is 22.7. The third kappa shape index (κ3) is 5.10. The maximum Gasteiger partial charge on any atom is 0.707 e. The molecule has 0 spiro atoms. The molecule has 0 amide bonds. The average Bonchev–Trinajstić information content (AvgIpc) is 3.45. The third-order valence-corrected chi connectivity index (χ3v) is 4.52. The second kappa shape index (κ2) is 8.59. The Morgan fingerprint density at radius 2 is 1.83 bits per heavy atom. The Morgan fingerprint density at radius 3 is 2.45 bits per heavy atom. The molecule has 2 aromatic carbocycles. The van der Waals surface area contributed by atoms with Crippen molar-refractivity contribution in [1.82, 2.24) is 4.98 Å². The minimum absolute atomic E-state index is 0.128. The van der Waals surface area contributed by atoms with Crippen LogP contribution in [0.2, 0.25) is 0 Å². The molecule has 1 aliphatic carbocycles. The summed E-state index contributed by atoms with van der Waals surface area (Å²) in [6, 6.07) is 13.0. The fourth-order valence-electron chi connectivity index (χ4n) is 2.85. The monoisotopic (exact) mass is 395 g/mol. The van der Waals surface area contributed by atoms with Gasteiger partial charge in [0, 0.05) is 5.56 Å². The van der Waals surface area contributed by atoms with E-state index in [4.69, 9.17) is 18.5 Å². The quantitative estimate of drug-likeness (QED) is 0.537. The smallest absolute Gasteiger partial charge is 0.506 e. The van der Waals surface area contributed by atoms with Crippen LogP contribution in [0, 0.1) is 12.8 Å². The van der Waals surface area contributed by atoms with Crippen molar-refractivity contribution in [3.8, 4) is 28.7 Å². The third-order valence-electron chi connectivity index (χ3n) is 4.52. The van der Waals surface area contributed by atoms with Gasteiger partial charge < -0.3 is 28.6 Å². The summed E-state index contributed by atoms with van der Waals surface area (Å²) in [6.07, 6.45) is 3.87. The van der Waals surface area contributed by atoms with Crippen LogP contribution in [0.4, 0.5) is 0 Å². The predicted octanol–water partition coefficient (Wildman–Crippen LogP) is 3.37. The van der Waals surface area contributed by atoms with Crippen LogP contribution in [0.1, 0.15) is 24.2 Å². The van der Waals surface area contributed by atoms with Crippen LogP contribution in [-0.2, 0) is 6.61 Å². The van der Waals surface area contributed by atoms with E-state index in [9.17, 15) is 10.0 Å². The molecular formula is C21H22BNO6. The van der Waals surface area contributed by atoms with Crippen molar-refractivity contribution < 1.29 is 28.6 Å². The summed E-state index contributed by atoms with van der Waals surface area (Å²) in [4.78, 5) is 4.27. The van der Waals surface area contributed by atoms with Gasteiger partial charge in [-0.2, -0.15) is 0 Å². The maximum absolute atomic E-state index is 9.41. The molecular weight excluding hydrogens is 373 g/mol. The topological polar surface area (TPSA) is 94.2 Å². The Labute approximate surface area is 169 Å². The molecule has 0 saturated heterocycles. The van der Waals surface area contributed by atoms with E-state index in [1.165, 1.54) is 0 Å². The molecule has 1 aliphatic rings. The van der Waals surface area contributed by atoms with Crippen LogP contribution < -0.4 is 14.1 Å². The Balaban J connectivity index is 1.69. The highest BCUT2D eigenvalue weighted by Crippen LogP contribution is 2.43. The number of ether oxygens (including phenoxy) is 2. The first-order valence-corrected chi connectivity index (χ1v) is 9.51. The lowest BCUT2D eigenvalue weighted by molar-refractivity contribution is 0.242. The number of benzene rings is 2. The molecule has 2 N–H and O–H groups in total. The maximum atomic E-state index is 9.41. The summed E-state index contributed by atoms with van der Waals surface area (Å²) in [7, 11) is -2.01. The zero-order valence-electron chi connectivity index (χ0n) is 16.1. The van der Waals surface area contributed by atoms with E-state index in [-0.39, 0.29) is 12.4 Å². The minimum Gasteiger partial charge on any atom is -0.506 e. The summed E-state index contributed by atoms with van der Waals surface area (Å²) in [6.45, 7) is 2.60. The summed E-state index contributed by atoms with van der Waals surface area (Å²) in [5.41, 5.74) is 1.60. The van der Waals surface area contributed by atoms with Crippen LogP contribution in [0.15, 0.2) is 53.1 Å². The standard InChI is InChI=1S/C21H22BNO6/c1-14-11-23-21(28-14)17-9-18(26-12-15-5-3-2-4-6-15)20(29-22(24)25)19(10-17)27-13-16-7-8-16/h2-6,9-11,16,24-25H,7-8,12-13H2,1H3. The number of aromatic nitrogens is 1. The summed E-state index contributed by atoms with van der Waals surface area (Å²) >= 11 is 0. The second-order valence-corrected chi connectivity index (χ2v) is 7.05. The molecule has 1 heterocycles. The number of oxazole rings is 1. The van der Waals surface area contributed by atoms with Gasteiger partial charge >= 0.3 is 7.32 Å². The van der Waals surface area contributed by atoms with Crippen LogP contribution in [0.5, 0.6) is 17.2 Å². The molecule has 3 aromatic rings. The van der Waals surface area contributed by atoms with E-state index in [2.05, 4.69) is 4.98 Å². The molecule has 0 aliphatic heterocycles. The van der Waals surface area contributed by atoms with Crippen molar-refractivity contribution in [2.75, 3.05) is 6.61 Å². The van der Waals surface area contributed by atoms with E-state index >= 15 is 0 Å². The number of hydrogen-bond donors (Lipinski definition) is 2. The molecule has 4 rings (SSSR count). The van der Waals surface area contributed by atoms with Gasteiger partial charge in [0.2, 0.25) is 5.89 Å². The van der Waals surface area contributed by atoms with Crippen molar-refractivity contribution in [1.29, 1.82) is 0 Å². The van der Waals surface area contributed by atoms with Crippen molar-refractivity contribution in [2.45, 2.75) is 26.4 Å². The van der Waals surface area contributed by atoms with Gasteiger partial charge in [0.25, 0.3) is 0 Å². The predicted molar refractivity (Wildman–Crippen MR) is 106 cm³/mol. The molecule has 8 heteroatoms. The lowest BCUT2D eigenvalue weighted by Crippen LogP contribution is -2.21. The fourth-order valence-corrected chi connectivity index (χ4v) is 2.85. The van der Waals surface area contributed by atoms with Gasteiger partial charge in [-0.25, -0.2) is 4.98 Å². The first-order valence-electron chi connectivity index (χ1n) is 9.51. The van der Waals surface area contributed by atoms with E-state index in [0.29, 0.717) is 41.2 Å². The molecule has 0 unspecified atom stereocenters. The molecule has 0 radical (unpaired) electrons. The van der Waals surface area contributed by atoms with Crippen molar-refractivity contribution in [2.24, 2.45) is 5.92 Å². The van der Waals surface area contributed by atoms with Gasteiger partial charge in [-0.1, -0.05) is 30.3 Å². The molecule has 1 fully saturated rings. The highest BCUT2D eigenvalue weighted by Gasteiger charge is 2.26. The first kappa shape index (κ1) is 19.4. The molecule has 0 bridgehead atoms. The molecule has 150 valence electrons. The van der Waals surface area contributed by atoms with E-state index in [0.717, 1.165) is 18.4 Å². The number of aryl methyl sites for hydroxylation is 1. The van der Waals surface area contributed by atoms with Gasteiger partial charge in [0.05, 0.1) is 12.8 Å². The van der Waals surface area contributed by atoms with Crippen molar-refractivity contribution >= 4 is 7.32 Å². The normalized spacial score (nSPS) is 13.2. The Morgan fingerprint density at radius 1 is 1.10 bits per heavy atom. The number of nitrogens with zero attached hydrogens (tertiary/aromatic N) is 1. The Kier molecular flexibility index (Phi) is 5.73. The number of hydrogen-bond acceptors (Lipinski definition) is 7. The van der Waals surface area contributed by atoms with Gasteiger partial charge in [-0.05, 0) is 43.4 Å². The zero-order valence-corrected chi connectivity index (χ0v) is 16.1. The van der Waals surface area contributed by atoms with Gasteiger partial charge in [-0.15, -0.1) is 0 Å². The van der Waals surface area contributed by atoms with Crippen LogP contribution >= 0.6 is 0 Å². The lowest BCUT2D eigenvalue weighted by atomic mass is 10.1. The number of rotatable bonds is 9. The van der Waals surface area contributed by atoms with Crippen LogP contribution in [0.3, 0.4) is 0 Å². The highest BCUT2D eigenvalue weighted by atomic mass is 16.6. The molecule has 7 nitrogen and oxygen atoms in total. The van der Waals surface area contributed by atoms with Gasteiger partial charge in [-0.3, -0.25) is 0 Å². The summed E-state index contributed by atoms with van der Waals surface area (Å²) in [5, 5.41) is 18.8. The van der Waals surface area contributed by atoms with Crippen LogP contribution in [0.25, 0.3) is 11.5 Å².